The summed E-state index contributed by atoms with van der Waals surface area (Å²) in [6.07, 6.45) is 0.492. The highest BCUT2D eigenvalue weighted by atomic mass is 35.5. The van der Waals surface area contributed by atoms with Crippen molar-refractivity contribution in [1.82, 2.24) is 10.2 Å². The van der Waals surface area contributed by atoms with E-state index >= 15 is 0 Å². The quantitative estimate of drug-likeness (QED) is 0.657. The van der Waals surface area contributed by atoms with Gasteiger partial charge in [-0.2, -0.15) is 0 Å². The number of ether oxygens (including phenoxy) is 1. The Hall–Kier alpha value is -2.53. The second kappa shape index (κ2) is 10.5. The highest BCUT2D eigenvalue weighted by Crippen LogP contribution is 2.17. The summed E-state index contributed by atoms with van der Waals surface area (Å²) in [6, 6.07) is 14.2. The van der Waals surface area contributed by atoms with Gasteiger partial charge in [0.1, 0.15) is 11.8 Å². The lowest BCUT2D eigenvalue weighted by Crippen LogP contribution is -2.54. The van der Waals surface area contributed by atoms with Gasteiger partial charge in [-0.05, 0) is 69.5 Å². The fourth-order valence-electron chi connectivity index (χ4n) is 3.09. The van der Waals surface area contributed by atoms with Crippen LogP contribution in [0.1, 0.15) is 45.2 Å². The Labute approximate surface area is 184 Å². The number of carbonyl (C=O) groups is 2. The minimum Gasteiger partial charge on any atom is -0.484 e. The zero-order valence-corrected chi connectivity index (χ0v) is 19.1. The van der Waals surface area contributed by atoms with Crippen molar-refractivity contribution in [2.75, 3.05) is 6.61 Å². The van der Waals surface area contributed by atoms with E-state index in [1.807, 2.05) is 71.0 Å². The maximum Gasteiger partial charge on any atom is 0.261 e. The van der Waals surface area contributed by atoms with Gasteiger partial charge in [0.15, 0.2) is 6.61 Å². The summed E-state index contributed by atoms with van der Waals surface area (Å²) in [6.45, 7) is 9.78. The van der Waals surface area contributed by atoms with Gasteiger partial charge in [0, 0.05) is 17.1 Å². The number of hydrogen-bond donors (Lipinski definition) is 1. The maximum absolute atomic E-state index is 13.1. The Morgan fingerprint density at radius 3 is 2.37 bits per heavy atom. The molecule has 0 fully saturated rings. The van der Waals surface area contributed by atoms with Crippen LogP contribution in [0, 0.1) is 6.92 Å². The molecule has 2 rings (SSSR count). The largest absolute Gasteiger partial charge is 0.484 e. The summed E-state index contributed by atoms with van der Waals surface area (Å²) in [7, 11) is 0. The number of rotatable bonds is 8. The zero-order valence-electron chi connectivity index (χ0n) is 18.4. The Bertz CT molecular complexity index is 859. The zero-order chi connectivity index (χ0) is 22.3. The molecule has 0 heterocycles. The second-order valence-electron chi connectivity index (χ2n) is 8.42. The van der Waals surface area contributed by atoms with Gasteiger partial charge >= 0.3 is 0 Å². The summed E-state index contributed by atoms with van der Waals surface area (Å²) < 4.78 is 5.72. The molecule has 0 bridgehead atoms. The van der Waals surface area contributed by atoms with Crippen LogP contribution in [0.25, 0.3) is 0 Å². The predicted octanol–water partition coefficient (Wildman–Crippen LogP) is 4.75. The first-order valence-corrected chi connectivity index (χ1v) is 10.5. The van der Waals surface area contributed by atoms with Crippen LogP contribution in [0.2, 0.25) is 5.02 Å². The first kappa shape index (κ1) is 23.7. The van der Waals surface area contributed by atoms with Gasteiger partial charge < -0.3 is 15.0 Å². The molecule has 0 aromatic heterocycles. The van der Waals surface area contributed by atoms with Crippen LogP contribution in [0.15, 0.2) is 48.5 Å². The molecule has 0 aliphatic rings. The first-order chi connectivity index (χ1) is 14.1. The Balaban J connectivity index is 2.22. The highest BCUT2D eigenvalue weighted by molar-refractivity contribution is 6.30. The minimum atomic E-state index is -0.603. The van der Waals surface area contributed by atoms with E-state index in [1.165, 1.54) is 0 Å². The van der Waals surface area contributed by atoms with E-state index in [1.54, 1.807) is 17.0 Å². The fraction of sp³-hybridized carbons (Fsp3) is 0.417. The van der Waals surface area contributed by atoms with E-state index in [0.29, 0.717) is 23.7 Å². The van der Waals surface area contributed by atoms with Crippen molar-refractivity contribution in [2.24, 2.45) is 0 Å². The molecule has 2 aromatic carbocycles. The van der Waals surface area contributed by atoms with Crippen LogP contribution in [-0.2, 0) is 16.1 Å². The standard InChI is InChI=1S/C24H31ClN2O3/c1-6-21(23(29)26-24(3,4)5)27(15-18-10-12-19(25)13-11-18)22(28)16-30-20-9-7-8-17(2)14-20/h7-14,21H,6,15-16H2,1-5H3,(H,26,29)/t21-/m0/s1. The van der Waals surface area contributed by atoms with E-state index in [2.05, 4.69) is 5.32 Å². The van der Waals surface area contributed by atoms with Gasteiger partial charge in [0.05, 0.1) is 0 Å². The Morgan fingerprint density at radius 1 is 1.13 bits per heavy atom. The summed E-state index contributed by atoms with van der Waals surface area (Å²) in [5.41, 5.74) is 1.55. The molecule has 0 unspecified atom stereocenters. The molecule has 5 nitrogen and oxygen atoms in total. The van der Waals surface area contributed by atoms with Crippen molar-refractivity contribution >= 4 is 23.4 Å². The Kier molecular flexibility index (Phi) is 8.30. The van der Waals surface area contributed by atoms with Crippen LogP contribution in [0.4, 0.5) is 0 Å². The number of benzene rings is 2. The third kappa shape index (κ3) is 7.38. The summed E-state index contributed by atoms with van der Waals surface area (Å²) >= 11 is 5.99. The maximum atomic E-state index is 13.1. The fourth-order valence-corrected chi connectivity index (χ4v) is 3.22. The van der Waals surface area contributed by atoms with Crippen LogP contribution in [-0.4, -0.2) is 34.9 Å². The summed E-state index contributed by atoms with van der Waals surface area (Å²) in [5.74, 6) is 0.201. The van der Waals surface area contributed by atoms with Crippen molar-refractivity contribution in [1.29, 1.82) is 0 Å². The molecule has 0 saturated heterocycles. The van der Waals surface area contributed by atoms with E-state index < -0.39 is 11.6 Å². The van der Waals surface area contributed by atoms with Crippen molar-refractivity contribution < 1.29 is 14.3 Å². The van der Waals surface area contributed by atoms with Gasteiger partial charge in [-0.1, -0.05) is 42.8 Å². The SMILES string of the molecule is CC[C@@H](C(=O)NC(C)(C)C)N(Cc1ccc(Cl)cc1)C(=O)COc1cccc(C)c1. The number of nitrogens with one attached hydrogen (secondary N) is 1. The second-order valence-corrected chi connectivity index (χ2v) is 8.85. The molecule has 0 saturated carbocycles. The molecule has 0 radical (unpaired) electrons. The van der Waals surface area contributed by atoms with E-state index in [-0.39, 0.29) is 18.4 Å². The lowest BCUT2D eigenvalue weighted by molar-refractivity contribution is -0.143. The molecule has 30 heavy (non-hydrogen) atoms. The molecule has 162 valence electrons. The molecular weight excluding hydrogens is 400 g/mol. The average molecular weight is 431 g/mol. The molecule has 1 atom stereocenters. The van der Waals surface area contributed by atoms with Crippen molar-refractivity contribution in [3.63, 3.8) is 0 Å². The van der Waals surface area contributed by atoms with Gasteiger partial charge in [0.25, 0.3) is 5.91 Å². The lowest BCUT2D eigenvalue weighted by atomic mass is 10.1. The summed E-state index contributed by atoms with van der Waals surface area (Å²) in [4.78, 5) is 27.7. The van der Waals surface area contributed by atoms with Gasteiger partial charge in [-0.25, -0.2) is 0 Å². The minimum absolute atomic E-state index is 0.143. The molecular formula is C24H31ClN2O3. The molecule has 0 aliphatic heterocycles. The molecule has 0 aliphatic carbocycles. The molecule has 0 spiro atoms. The van der Waals surface area contributed by atoms with Crippen LogP contribution >= 0.6 is 11.6 Å². The van der Waals surface area contributed by atoms with Crippen molar-refractivity contribution in [3.8, 4) is 5.75 Å². The van der Waals surface area contributed by atoms with Crippen LogP contribution in [0.5, 0.6) is 5.75 Å². The molecule has 2 amide bonds. The number of hydrogen-bond acceptors (Lipinski definition) is 3. The smallest absolute Gasteiger partial charge is 0.261 e. The van der Waals surface area contributed by atoms with Gasteiger partial charge in [0.2, 0.25) is 5.91 Å². The van der Waals surface area contributed by atoms with Crippen LogP contribution in [0.3, 0.4) is 0 Å². The number of amides is 2. The average Bonchev–Trinajstić information content (AvgIpc) is 2.66. The third-order valence-electron chi connectivity index (χ3n) is 4.50. The highest BCUT2D eigenvalue weighted by Gasteiger charge is 2.30. The van der Waals surface area contributed by atoms with Gasteiger partial charge in [-0.15, -0.1) is 0 Å². The van der Waals surface area contributed by atoms with Crippen molar-refractivity contribution in [2.45, 2.75) is 59.2 Å². The Morgan fingerprint density at radius 2 is 1.80 bits per heavy atom. The third-order valence-corrected chi connectivity index (χ3v) is 4.75. The van der Waals surface area contributed by atoms with E-state index in [9.17, 15) is 9.59 Å². The number of nitrogens with zero attached hydrogens (tertiary/aromatic N) is 1. The number of halogens is 1. The normalized spacial score (nSPS) is 12.2. The number of carbonyl (C=O) groups excluding carboxylic acids is 2. The van der Waals surface area contributed by atoms with Gasteiger partial charge in [-0.3, -0.25) is 9.59 Å². The molecule has 2 aromatic rings. The number of aryl methyl sites for hydroxylation is 1. The first-order valence-electron chi connectivity index (χ1n) is 10.1. The van der Waals surface area contributed by atoms with E-state index in [4.69, 9.17) is 16.3 Å². The monoisotopic (exact) mass is 430 g/mol. The van der Waals surface area contributed by atoms with Crippen LogP contribution < -0.4 is 10.1 Å². The topological polar surface area (TPSA) is 58.6 Å². The lowest BCUT2D eigenvalue weighted by Gasteiger charge is -2.33. The summed E-state index contributed by atoms with van der Waals surface area (Å²) in [5, 5.41) is 3.61. The molecule has 1 N–H and O–H groups in total. The predicted molar refractivity (Wildman–Crippen MR) is 121 cm³/mol. The van der Waals surface area contributed by atoms with E-state index in [0.717, 1.165) is 11.1 Å². The van der Waals surface area contributed by atoms with Crippen molar-refractivity contribution in [3.05, 3.63) is 64.7 Å². The molecule has 6 heteroatoms.